The molecule has 1 heterocycles. The molecule has 0 aliphatic carbocycles. The predicted octanol–water partition coefficient (Wildman–Crippen LogP) is 0.574. The van der Waals surface area contributed by atoms with Gasteiger partial charge in [0.1, 0.15) is 5.58 Å². The average molecular weight is 265 g/mol. The summed E-state index contributed by atoms with van der Waals surface area (Å²) >= 11 is 0. The molecule has 0 unspecified atom stereocenters. The van der Waals surface area contributed by atoms with Crippen LogP contribution in [0.15, 0.2) is 28.7 Å². The van der Waals surface area contributed by atoms with E-state index in [-0.39, 0.29) is 25.5 Å². The largest absolute Gasteiger partial charge is 0.475 e. The van der Waals surface area contributed by atoms with E-state index in [0.717, 1.165) is 0 Å². The van der Waals surface area contributed by atoms with Crippen molar-refractivity contribution >= 4 is 16.9 Å². The third kappa shape index (κ3) is 2.76. The molecule has 4 N–H and O–H groups in total. The molecule has 0 aliphatic heterocycles. The number of carboxylic acids is 1. The van der Waals surface area contributed by atoms with Crippen molar-refractivity contribution in [3.05, 3.63) is 35.6 Å². The van der Waals surface area contributed by atoms with Crippen LogP contribution in [0.2, 0.25) is 0 Å². The van der Waals surface area contributed by atoms with Crippen molar-refractivity contribution in [2.45, 2.75) is 12.6 Å². The number of aliphatic hydroxyl groups excluding tert-OH is 2. The highest BCUT2D eigenvalue weighted by atomic mass is 16.4. The maximum absolute atomic E-state index is 11.2. The zero-order valence-electron chi connectivity index (χ0n) is 10.2. The second-order valence-electron chi connectivity index (χ2n) is 4.15. The van der Waals surface area contributed by atoms with Crippen molar-refractivity contribution in [1.82, 2.24) is 5.32 Å². The van der Waals surface area contributed by atoms with Gasteiger partial charge in [0.05, 0.1) is 19.3 Å². The highest BCUT2D eigenvalue weighted by molar-refractivity contribution is 5.95. The first kappa shape index (κ1) is 13.5. The van der Waals surface area contributed by atoms with Crippen molar-refractivity contribution < 1.29 is 24.5 Å². The Morgan fingerprint density at radius 2 is 1.95 bits per heavy atom. The van der Waals surface area contributed by atoms with Gasteiger partial charge in [-0.1, -0.05) is 18.2 Å². The quantitative estimate of drug-likeness (QED) is 0.609. The monoisotopic (exact) mass is 265 g/mol. The van der Waals surface area contributed by atoms with Gasteiger partial charge >= 0.3 is 5.97 Å². The molecule has 0 atom stereocenters. The number of carbonyl (C=O) groups is 1. The van der Waals surface area contributed by atoms with Gasteiger partial charge in [0.2, 0.25) is 5.76 Å². The number of hydrogen-bond donors (Lipinski definition) is 4. The van der Waals surface area contributed by atoms with E-state index < -0.39 is 12.0 Å². The molecule has 2 aromatic rings. The number of fused-ring (bicyclic) bond motifs is 1. The Balaban J connectivity index is 2.34. The molecule has 102 valence electrons. The summed E-state index contributed by atoms with van der Waals surface area (Å²) in [6.45, 7) is -0.256. The fraction of sp³-hybridized carbons (Fsp3) is 0.308. The van der Waals surface area contributed by atoms with Crippen LogP contribution in [0.5, 0.6) is 0 Å². The molecular formula is C13H15NO5. The number of carboxylic acid groups (broad SMARTS) is 1. The minimum Gasteiger partial charge on any atom is -0.475 e. The maximum atomic E-state index is 11.2. The molecule has 0 saturated carbocycles. The van der Waals surface area contributed by atoms with E-state index in [1.807, 2.05) is 0 Å². The van der Waals surface area contributed by atoms with Crippen molar-refractivity contribution in [1.29, 1.82) is 0 Å². The summed E-state index contributed by atoms with van der Waals surface area (Å²) in [5.74, 6) is -1.26. The van der Waals surface area contributed by atoms with Crippen molar-refractivity contribution in [3.8, 4) is 0 Å². The van der Waals surface area contributed by atoms with E-state index in [1.54, 1.807) is 24.3 Å². The number of furan rings is 1. The van der Waals surface area contributed by atoms with Crippen LogP contribution in [-0.4, -0.2) is 40.5 Å². The average Bonchev–Trinajstić information content (AvgIpc) is 2.79. The molecule has 19 heavy (non-hydrogen) atoms. The topological polar surface area (TPSA) is 103 Å². The molecule has 0 saturated heterocycles. The molecule has 0 bridgehead atoms. The lowest BCUT2D eigenvalue weighted by Crippen LogP contribution is -2.35. The third-order valence-corrected chi connectivity index (χ3v) is 2.90. The van der Waals surface area contributed by atoms with Gasteiger partial charge < -0.3 is 25.1 Å². The molecule has 0 spiro atoms. The van der Waals surface area contributed by atoms with E-state index in [1.165, 1.54) is 0 Å². The molecule has 0 amide bonds. The van der Waals surface area contributed by atoms with Crippen molar-refractivity contribution in [2.75, 3.05) is 13.2 Å². The highest BCUT2D eigenvalue weighted by Crippen LogP contribution is 2.25. The van der Waals surface area contributed by atoms with Gasteiger partial charge in [-0.2, -0.15) is 0 Å². The molecule has 2 rings (SSSR count). The van der Waals surface area contributed by atoms with Crippen LogP contribution in [0.25, 0.3) is 11.0 Å². The van der Waals surface area contributed by atoms with E-state index in [4.69, 9.17) is 19.7 Å². The van der Waals surface area contributed by atoms with E-state index in [2.05, 4.69) is 5.32 Å². The number of benzene rings is 1. The number of nitrogens with one attached hydrogen (secondary N) is 1. The van der Waals surface area contributed by atoms with Gasteiger partial charge in [0.15, 0.2) is 0 Å². The smallest absolute Gasteiger partial charge is 0.372 e. The summed E-state index contributed by atoms with van der Waals surface area (Å²) in [5.41, 5.74) is 1.01. The molecule has 6 nitrogen and oxygen atoms in total. The van der Waals surface area contributed by atoms with Crippen LogP contribution in [0.1, 0.15) is 16.1 Å². The molecule has 6 heteroatoms. The van der Waals surface area contributed by atoms with Crippen LogP contribution in [0.3, 0.4) is 0 Å². The fourth-order valence-corrected chi connectivity index (χ4v) is 1.88. The Morgan fingerprint density at radius 3 is 2.58 bits per heavy atom. The zero-order chi connectivity index (χ0) is 13.8. The Hall–Kier alpha value is -1.89. The first-order valence-electron chi connectivity index (χ1n) is 5.86. The summed E-state index contributed by atoms with van der Waals surface area (Å²) < 4.78 is 5.30. The standard InChI is InChI=1S/C13H15NO5/c15-6-8(7-16)14-5-10-9-3-1-2-4-11(9)19-12(10)13(17)18/h1-4,8,14-16H,5-7H2,(H,17,18). The lowest BCUT2D eigenvalue weighted by atomic mass is 10.1. The van der Waals surface area contributed by atoms with Crippen LogP contribution in [0.4, 0.5) is 0 Å². The zero-order valence-corrected chi connectivity index (χ0v) is 10.2. The summed E-state index contributed by atoms with van der Waals surface area (Å²) in [7, 11) is 0. The minimum atomic E-state index is -1.14. The number of aliphatic hydroxyl groups is 2. The Morgan fingerprint density at radius 1 is 1.26 bits per heavy atom. The summed E-state index contributed by atoms with van der Waals surface area (Å²) in [5, 5.41) is 30.7. The van der Waals surface area contributed by atoms with Gasteiger partial charge in [-0.15, -0.1) is 0 Å². The Labute approximate surface area is 109 Å². The van der Waals surface area contributed by atoms with Gasteiger partial charge in [0.25, 0.3) is 0 Å². The van der Waals surface area contributed by atoms with Gasteiger partial charge in [-0.3, -0.25) is 0 Å². The molecule has 1 aromatic heterocycles. The van der Waals surface area contributed by atoms with E-state index in [0.29, 0.717) is 16.5 Å². The van der Waals surface area contributed by atoms with Crippen LogP contribution < -0.4 is 5.32 Å². The van der Waals surface area contributed by atoms with Crippen LogP contribution in [0, 0.1) is 0 Å². The molecule has 1 aromatic carbocycles. The maximum Gasteiger partial charge on any atom is 0.372 e. The van der Waals surface area contributed by atoms with Crippen molar-refractivity contribution in [2.24, 2.45) is 0 Å². The minimum absolute atomic E-state index is 0.122. The lowest BCUT2D eigenvalue weighted by Gasteiger charge is -2.12. The summed E-state index contributed by atoms with van der Waals surface area (Å²) in [6.07, 6.45) is 0. The highest BCUT2D eigenvalue weighted by Gasteiger charge is 2.20. The second-order valence-corrected chi connectivity index (χ2v) is 4.15. The predicted molar refractivity (Wildman–Crippen MR) is 68.0 cm³/mol. The normalized spacial score (nSPS) is 11.3. The molecule has 0 aliphatic rings. The first-order chi connectivity index (χ1) is 9.17. The van der Waals surface area contributed by atoms with Crippen LogP contribution >= 0.6 is 0 Å². The second kappa shape index (κ2) is 5.83. The lowest BCUT2D eigenvalue weighted by molar-refractivity contribution is 0.0663. The molecule has 0 radical (unpaired) electrons. The third-order valence-electron chi connectivity index (χ3n) is 2.90. The van der Waals surface area contributed by atoms with Crippen molar-refractivity contribution in [3.63, 3.8) is 0 Å². The van der Waals surface area contributed by atoms with Gasteiger partial charge in [0, 0.05) is 17.5 Å². The Kier molecular flexibility index (Phi) is 4.16. The van der Waals surface area contributed by atoms with Gasteiger partial charge in [-0.05, 0) is 6.07 Å². The number of rotatable bonds is 6. The SMILES string of the molecule is O=C(O)c1oc2ccccc2c1CNC(CO)CO. The summed E-state index contributed by atoms with van der Waals surface area (Å²) in [6, 6.07) is 6.53. The van der Waals surface area contributed by atoms with Gasteiger partial charge in [-0.25, -0.2) is 4.79 Å². The number of para-hydroxylation sites is 1. The Bertz CT molecular complexity index is 573. The van der Waals surface area contributed by atoms with Crippen LogP contribution in [-0.2, 0) is 6.54 Å². The molecular weight excluding hydrogens is 250 g/mol. The fourth-order valence-electron chi connectivity index (χ4n) is 1.88. The van der Waals surface area contributed by atoms with E-state index >= 15 is 0 Å². The first-order valence-corrected chi connectivity index (χ1v) is 5.86. The van der Waals surface area contributed by atoms with E-state index in [9.17, 15) is 4.79 Å². The summed E-state index contributed by atoms with van der Waals surface area (Å²) in [4.78, 5) is 11.2. The number of hydrogen-bond acceptors (Lipinski definition) is 5. The number of aromatic carboxylic acids is 1. The molecule has 0 fully saturated rings.